The fourth-order valence-corrected chi connectivity index (χ4v) is 4.57. The third-order valence-electron chi connectivity index (χ3n) is 3.93. The van der Waals surface area contributed by atoms with E-state index in [-0.39, 0.29) is 25.7 Å². The van der Waals surface area contributed by atoms with E-state index in [1.54, 1.807) is 0 Å². The molecule has 7 nitrogen and oxygen atoms in total. The topological polar surface area (TPSA) is 87.2 Å². The van der Waals surface area contributed by atoms with Gasteiger partial charge in [0.15, 0.2) is 0 Å². The first-order chi connectivity index (χ1) is 9.86. The number of carbonyl (C=O) groups is 1. The van der Waals surface area contributed by atoms with Crippen molar-refractivity contribution in [2.24, 2.45) is 0 Å². The van der Waals surface area contributed by atoms with Crippen LogP contribution < -0.4 is 0 Å². The van der Waals surface area contributed by atoms with Gasteiger partial charge in [-0.15, -0.1) is 0 Å². The number of rotatable bonds is 8. The van der Waals surface area contributed by atoms with Crippen LogP contribution in [0.5, 0.6) is 0 Å². The van der Waals surface area contributed by atoms with E-state index in [0.29, 0.717) is 19.3 Å². The van der Waals surface area contributed by atoms with Crippen LogP contribution in [0.2, 0.25) is 0 Å². The Morgan fingerprint density at radius 1 is 1.48 bits per heavy atom. The lowest BCUT2D eigenvalue weighted by Crippen LogP contribution is -2.55. The normalized spacial score (nSPS) is 22.4. The molecule has 1 aliphatic heterocycles. The van der Waals surface area contributed by atoms with Crippen molar-refractivity contribution in [1.82, 2.24) is 8.61 Å². The highest BCUT2D eigenvalue weighted by Crippen LogP contribution is 2.24. The van der Waals surface area contributed by atoms with Crippen molar-refractivity contribution in [2.75, 3.05) is 26.8 Å². The van der Waals surface area contributed by atoms with Crippen LogP contribution in [0.25, 0.3) is 0 Å². The predicted octanol–water partition coefficient (Wildman–Crippen LogP) is 0.917. The minimum atomic E-state index is -3.80. The Morgan fingerprint density at radius 2 is 2.14 bits per heavy atom. The summed E-state index contributed by atoms with van der Waals surface area (Å²) in [5, 5.41) is 9.28. The Morgan fingerprint density at radius 3 is 2.67 bits per heavy atom. The van der Waals surface area contributed by atoms with Crippen LogP contribution in [-0.2, 0) is 19.7 Å². The fraction of sp³-hybridized carbons (Fsp3) is 0.923. The van der Waals surface area contributed by atoms with Crippen LogP contribution in [-0.4, -0.2) is 67.0 Å². The van der Waals surface area contributed by atoms with E-state index in [4.69, 9.17) is 4.74 Å². The Kier molecular flexibility index (Phi) is 7.05. The average Bonchev–Trinajstić information content (AvgIpc) is 2.47. The summed E-state index contributed by atoms with van der Waals surface area (Å²) in [5.41, 5.74) is 0. The van der Waals surface area contributed by atoms with Crippen molar-refractivity contribution >= 4 is 16.2 Å². The molecular weight excluding hydrogens is 296 g/mol. The van der Waals surface area contributed by atoms with E-state index in [2.05, 4.69) is 0 Å². The van der Waals surface area contributed by atoms with Crippen molar-refractivity contribution < 1.29 is 23.1 Å². The third kappa shape index (κ3) is 4.38. The molecule has 2 unspecified atom stereocenters. The largest absolute Gasteiger partial charge is 0.480 e. The highest BCUT2D eigenvalue weighted by Gasteiger charge is 2.41. The minimum absolute atomic E-state index is 0.193. The van der Waals surface area contributed by atoms with Gasteiger partial charge in [-0.1, -0.05) is 6.92 Å². The number of piperidine rings is 1. The van der Waals surface area contributed by atoms with Crippen LogP contribution >= 0.6 is 0 Å². The molecule has 1 aliphatic rings. The summed E-state index contributed by atoms with van der Waals surface area (Å²) in [6.07, 6.45) is 2.47. The quantitative estimate of drug-likeness (QED) is 0.718. The van der Waals surface area contributed by atoms with Gasteiger partial charge in [0.1, 0.15) is 6.04 Å². The standard InChI is InChI=1S/C13H26N2O5S/c1-4-11(2)14(9-10-20-3)21(18,19)15-8-6-5-7-12(15)13(16)17/h11-12H,4-10H2,1-3H3,(H,16,17). The first-order valence-electron chi connectivity index (χ1n) is 7.36. The number of carboxylic acids is 1. The first-order valence-corrected chi connectivity index (χ1v) is 8.76. The number of aliphatic carboxylic acids is 1. The van der Waals surface area contributed by atoms with Gasteiger partial charge in [-0.05, 0) is 32.6 Å². The summed E-state index contributed by atoms with van der Waals surface area (Å²) >= 11 is 0. The lowest BCUT2D eigenvalue weighted by atomic mass is 10.1. The second-order valence-corrected chi connectivity index (χ2v) is 7.16. The maximum absolute atomic E-state index is 12.8. The smallest absolute Gasteiger partial charge is 0.322 e. The molecule has 2 atom stereocenters. The SMILES string of the molecule is CCC(C)N(CCOC)S(=O)(=O)N1CCCCC1C(=O)O. The summed E-state index contributed by atoms with van der Waals surface area (Å²) in [7, 11) is -2.28. The van der Waals surface area contributed by atoms with E-state index in [0.717, 1.165) is 10.7 Å². The number of ether oxygens (including phenoxy) is 1. The molecular formula is C13H26N2O5S. The Hall–Kier alpha value is -0.700. The van der Waals surface area contributed by atoms with Gasteiger partial charge in [0, 0.05) is 26.2 Å². The van der Waals surface area contributed by atoms with Crippen molar-refractivity contribution in [3.8, 4) is 0 Å². The van der Waals surface area contributed by atoms with E-state index in [1.165, 1.54) is 11.4 Å². The molecule has 21 heavy (non-hydrogen) atoms. The van der Waals surface area contributed by atoms with E-state index < -0.39 is 22.2 Å². The molecule has 1 heterocycles. The zero-order valence-corrected chi connectivity index (χ0v) is 13.8. The number of hydrogen-bond donors (Lipinski definition) is 1. The lowest BCUT2D eigenvalue weighted by molar-refractivity contribution is -0.142. The van der Waals surface area contributed by atoms with Crippen LogP contribution in [0.1, 0.15) is 39.5 Å². The van der Waals surface area contributed by atoms with E-state index in [1.807, 2.05) is 13.8 Å². The molecule has 1 saturated heterocycles. The molecule has 0 aromatic heterocycles. The fourth-order valence-electron chi connectivity index (χ4n) is 2.51. The van der Waals surface area contributed by atoms with Crippen molar-refractivity contribution in [1.29, 1.82) is 0 Å². The molecule has 0 radical (unpaired) electrons. The summed E-state index contributed by atoms with van der Waals surface area (Å²) in [6, 6.07) is -1.15. The van der Waals surface area contributed by atoms with Gasteiger partial charge >= 0.3 is 5.97 Å². The minimum Gasteiger partial charge on any atom is -0.480 e. The summed E-state index contributed by atoms with van der Waals surface area (Å²) in [5.74, 6) is -1.07. The van der Waals surface area contributed by atoms with Crippen molar-refractivity contribution in [3.63, 3.8) is 0 Å². The average molecular weight is 322 g/mol. The lowest BCUT2D eigenvalue weighted by Gasteiger charge is -2.38. The van der Waals surface area contributed by atoms with Crippen LogP contribution in [0.15, 0.2) is 0 Å². The monoisotopic (exact) mass is 322 g/mol. The van der Waals surface area contributed by atoms with Gasteiger partial charge in [0.05, 0.1) is 6.61 Å². The Bertz CT molecular complexity index is 440. The van der Waals surface area contributed by atoms with Crippen molar-refractivity contribution in [3.05, 3.63) is 0 Å². The van der Waals surface area contributed by atoms with Crippen LogP contribution in [0.3, 0.4) is 0 Å². The highest BCUT2D eigenvalue weighted by molar-refractivity contribution is 7.86. The van der Waals surface area contributed by atoms with Gasteiger partial charge in [0.2, 0.25) is 0 Å². The van der Waals surface area contributed by atoms with Crippen molar-refractivity contribution in [2.45, 2.75) is 51.6 Å². The number of methoxy groups -OCH3 is 1. The number of carboxylic acid groups (broad SMARTS) is 1. The Labute approximate surface area is 127 Å². The van der Waals surface area contributed by atoms with Crippen LogP contribution in [0.4, 0.5) is 0 Å². The summed E-state index contributed by atoms with van der Waals surface area (Å²) in [4.78, 5) is 11.3. The van der Waals surface area contributed by atoms with Gasteiger partial charge in [0.25, 0.3) is 10.2 Å². The second-order valence-electron chi connectivity index (χ2n) is 5.33. The second kappa shape index (κ2) is 8.07. The van der Waals surface area contributed by atoms with Gasteiger partial charge in [-0.25, -0.2) is 0 Å². The van der Waals surface area contributed by atoms with Gasteiger partial charge in [-0.3, -0.25) is 4.79 Å². The summed E-state index contributed by atoms with van der Waals surface area (Å²) in [6.45, 7) is 4.52. The predicted molar refractivity (Wildman–Crippen MR) is 79.2 cm³/mol. The third-order valence-corrected chi connectivity index (χ3v) is 6.09. The molecule has 0 saturated carbocycles. The van der Waals surface area contributed by atoms with Crippen LogP contribution in [0, 0.1) is 0 Å². The van der Waals surface area contributed by atoms with Gasteiger partial charge < -0.3 is 9.84 Å². The molecule has 0 aromatic carbocycles. The highest BCUT2D eigenvalue weighted by atomic mass is 32.2. The zero-order chi connectivity index (χ0) is 16.0. The number of nitrogens with zero attached hydrogens (tertiary/aromatic N) is 2. The molecule has 1 fully saturated rings. The summed E-state index contributed by atoms with van der Waals surface area (Å²) < 4.78 is 33.2. The van der Waals surface area contributed by atoms with E-state index in [9.17, 15) is 18.3 Å². The molecule has 0 aliphatic carbocycles. The molecule has 0 spiro atoms. The zero-order valence-electron chi connectivity index (χ0n) is 13.0. The Balaban J connectivity index is 3.04. The molecule has 1 rings (SSSR count). The van der Waals surface area contributed by atoms with E-state index >= 15 is 0 Å². The molecule has 0 aromatic rings. The number of hydrogen-bond acceptors (Lipinski definition) is 4. The molecule has 1 N–H and O–H groups in total. The molecule has 8 heteroatoms. The molecule has 0 amide bonds. The maximum Gasteiger partial charge on any atom is 0.322 e. The maximum atomic E-state index is 12.8. The first kappa shape index (κ1) is 18.3. The molecule has 124 valence electrons. The van der Waals surface area contributed by atoms with Gasteiger partial charge in [-0.2, -0.15) is 17.0 Å². The molecule has 0 bridgehead atoms.